The predicted molar refractivity (Wildman–Crippen MR) is 68.9 cm³/mol. The van der Waals surface area contributed by atoms with Crippen LogP contribution in [-0.4, -0.2) is 23.0 Å². The highest BCUT2D eigenvalue weighted by atomic mass is 16.4. The van der Waals surface area contributed by atoms with Crippen LogP contribution in [-0.2, 0) is 4.79 Å². The van der Waals surface area contributed by atoms with E-state index in [1.165, 1.54) is 6.26 Å². The average Bonchev–Trinajstić information content (AvgIpc) is 2.65. The molecule has 0 aliphatic heterocycles. The zero-order valence-corrected chi connectivity index (χ0v) is 11.0. The molecule has 1 aromatic heterocycles. The molecule has 104 valence electrons. The first kappa shape index (κ1) is 13.6. The van der Waals surface area contributed by atoms with Gasteiger partial charge in [-0.25, -0.2) is 0 Å². The van der Waals surface area contributed by atoms with E-state index < -0.39 is 11.9 Å². The number of nitrogens with one attached hydrogen (secondary N) is 1. The number of aryl methyl sites for hydroxylation is 1. The molecule has 1 aliphatic rings. The number of amides is 1. The Balaban J connectivity index is 2.08. The van der Waals surface area contributed by atoms with Crippen molar-refractivity contribution in [2.75, 3.05) is 0 Å². The molecule has 1 aromatic rings. The summed E-state index contributed by atoms with van der Waals surface area (Å²) in [5, 5.41) is 12.1. The Morgan fingerprint density at radius 3 is 2.68 bits per heavy atom. The molecule has 2 N–H and O–H groups in total. The molecule has 1 amide bonds. The molecule has 19 heavy (non-hydrogen) atoms. The molecule has 0 radical (unpaired) electrons. The minimum Gasteiger partial charge on any atom is -0.481 e. The normalized spacial score (nSPS) is 23.6. The molecule has 0 saturated heterocycles. The number of hydrogen-bond donors (Lipinski definition) is 2. The van der Waals surface area contributed by atoms with Crippen molar-refractivity contribution in [2.45, 2.75) is 45.1 Å². The maximum atomic E-state index is 12.1. The standard InChI is InChI=1S/C14H19NO4/c1-9-10(7-8-19-9)13(16)15-12-6-4-2-3-5-11(12)14(17)18/h7-8,11-12H,2-6H2,1H3,(H,15,16)(H,17,18)/t11-,12+/m1/s1. The van der Waals surface area contributed by atoms with Crippen LogP contribution in [0, 0.1) is 12.8 Å². The maximum absolute atomic E-state index is 12.1. The minimum atomic E-state index is -0.823. The SMILES string of the molecule is Cc1occc1C(=O)N[C@H]1CCCCC[C@H]1C(=O)O. The van der Waals surface area contributed by atoms with Crippen LogP contribution in [0.25, 0.3) is 0 Å². The summed E-state index contributed by atoms with van der Waals surface area (Å²) in [4.78, 5) is 23.4. The molecule has 5 heteroatoms. The summed E-state index contributed by atoms with van der Waals surface area (Å²) in [5.74, 6) is -1.00. The number of carboxylic acids is 1. The number of rotatable bonds is 3. The van der Waals surface area contributed by atoms with E-state index in [-0.39, 0.29) is 11.9 Å². The quantitative estimate of drug-likeness (QED) is 0.822. The molecule has 0 unspecified atom stereocenters. The summed E-state index contributed by atoms with van der Waals surface area (Å²) in [6.45, 7) is 1.72. The van der Waals surface area contributed by atoms with Gasteiger partial charge in [0.05, 0.1) is 17.7 Å². The van der Waals surface area contributed by atoms with Crippen molar-refractivity contribution >= 4 is 11.9 Å². The Labute approximate surface area is 112 Å². The Morgan fingerprint density at radius 2 is 2.05 bits per heavy atom. The van der Waals surface area contributed by atoms with E-state index in [4.69, 9.17) is 4.42 Å². The second-order valence-electron chi connectivity index (χ2n) is 5.05. The molecule has 5 nitrogen and oxygen atoms in total. The molecule has 1 fully saturated rings. The van der Waals surface area contributed by atoms with Crippen molar-refractivity contribution in [1.82, 2.24) is 5.32 Å². The van der Waals surface area contributed by atoms with Crippen molar-refractivity contribution in [1.29, 1.82) is 0 Å². The van der Waals surface area contributed by atoms with Gasteiger partial charge in [0.2, 0.25) is 0 Å². The second kappa shape index (κ2) is 5.91. The third-order valence-electron chi connectivity index (χ3n) is 3.75. The third-order valence-corrected chi connectivity index (χ3v) is 3.75. The van der Waals surface area contributed by atoms with Gasteiger partial charge in [-0.1, -0.05) is 19.3 Å². The monoisotopic (exact) mass is 265 g/mol. The highest BCUT2D eigenvalue weighted by Gasteiger charge is 2.31. The van der Waals surface area contributed by atoms with E-state index >= 15 is 0 Å². The van der Waals surface area contributed by atoms with Crippen molar-refractivity contribution < 1.29 is 19.1 Å². The van der Waals surface area contributed by atoms with Crippen LogP contribution in [0.4, 0.5) is 0 Å². The lowest BCUT2D eigenvalue weighted by molar-refractivity contribution is -0.142. The first-order valence-corrected chi connectivity index (χ1v) is 6.67. The summed E-state index contributed by atoms with van der Waals surface area (Å²) >= 11 is 0. The lowest BCUT2D eigenvalue weighted by Gasteiger charge is -2.22. The Kier molecular flexibility index (Phi) is 4.24. The number of carboxylic acid groups (broad SMARTS) is 1. The molecule has 0 spiro atoms. The highest BCUT2D eigenvalue weighted by Crippen LogP contribution is 2.24. The topological polar surface area (TPSA) is 79.5 Å². The zero-order valence-electron chi connectivity index (χ0n) is 11.0. The zero-order chi connectivity index (χ0) is 13.8. The van der Waals surface area contributed by atoms with E-state index in [0.29, 0.717) is 17.7 Å². The Hall–Kier alpha value is -1.78. The van der Waals surface area contributed by atoms with E-state index in [0.717, 1.165) is 25.7 Å². The first-order valence-electron chi connectivity index (χ1n) is 6.67. The van der Waals surface area contributed by atoms with E-state index in [1.54, 1.807) is 13.0 Å². The summed E-state index contributed by atoms with van der Waals surface area (Å²) in [7, 11) is 0. The first-order chi connectivity index (χ1) is 9.09. The van der Waals surface area contributed by atoms with Gasteiger partial charge in [-0.2, -0.15) is 0 Å². The summed E-state index contributed by atoms with van der Waals surface area (Å²) in [6, 6.07) is 1.32. The minimum absolute atomic E-state index is 0.246. The number of carbonyl (C=O) groups is 2. The van der Waals surface area contributed by atoms with Gasteiger partial charge in [-0.15, -0.1) is 0 Å². The molecule has 1 saturated carbocycles. The van der Waals surface area contributed by atoms with Crippen molar-refractivity contribution in [2.24, 2.45) is 5.92 Å². The summed E-state index contributed by atoms with van der Waals surface area (Å²) in [5.41, 5.74) is 0.480. The fraction of sp³-hybridized carbons (Fsp3) is 0.571. The average molecular weight is 265 g/mol. The second-order valence-corrected chi connectivity index (χ2v) is 5.05. The molecule has 1 heterocycles. The fourth-order valence-corrected chi connectivity index (χ4v) is 2.64. The molecule has 0 bridgehead atoms. The van der Waals surface area contributed by atoms with Crippen LogP contribution in [0.15, 0.2) is 16.7 Å². The predicted octanol–water partition coefficient (Wildman–Crippen LogP) is 2.35. The molecular weight excluding hydrogens is 246 g/mol. The highest BCUT2D eigenvalue weighted by molar-refractivity contribution is 5.95. The number of carbonyl (C=O) groups excluding carboxylic acids is 1. The van der Waals surface area contributed by atoms with Crippen LogP contribution < -0.4 is 5.32 Å². The molecular formula is C14H19NO4. The van der Waals surface area contributed by atoms with Crippen LogP contribution in [0.5, 0.6) is 0 Å². The van der Waals surface area contributed by atoms with E-state index in [9.17, 15) is 14.7 Å². The lowest BCUT2D eigenvalue weighted by atomic mass is 9.94. The molecule has 2 atom stereocenters. The van der Waals surface area contributed by atoms with Gasteiger partial charge in [0.15, 0.2) is 0 Å². The maximum Gasteiger partial charge on any atom is 0.308 e. The van der Waals surface area contributed by atoms with Gasteiger partial charge >= 0.3 is 5.97 Å². The number of hydrogen-bond acceptors (Lipinski definition) is 3. The van der Waals surface area contributed by atoms with Gasteiger partial charge in [0, 0.05) is 6.04 Å². The Bertz CT molecular complexity index is 466. The summed E-state index contributed by atoms with van der Waals surface area (Å²) < 4.78 is 5.10. The lowest BCUT2D eigenvalue weighted by Crippen LogP contribution is -2.42. The molecule has 2 rings (SSSR count). The van der Waals surface area contributed by atoms with Gasteiger partial charge in [0.1, 0.15) is 5.76 Å². The summed E-state index contributed by atoms with van der Waals surface area (Å²) in [6.07, 6.45) is 5.71. The van der Waals surface area contributed by atoms with Crippen molar-refractivity contribution in [3.63, 3.8) is 0 Å². The Morgan fingerprint density at radius 1 is 1.32 bits per heavy atom. The van der Waals surface area contributed by atoms with Crippen LogP contribution in [0.1, 0.15) is 48.2 Å². The van der Waals surface area contributed by atoms with Crippen LogP contribution >= 0.6 is 0 Å². The van der Waals surface area contributed by atoms with Crippen molar-refractivity contribution in [3.05, 3.63) is 23.7 Å². The molecule has 1 aliphatic carbocycles. The van der Waals surface area contributed by atoms with Crippen LogP contribution in [0.3, 0.4) is 0 Å². The van der Waals surface area contributed by atoms with Crippen molar-refractivity contribution in [3.8, 4) is 0 Å². The van der Waals surface area contributed by atoms with E-state index in [2.05, 4.69) is 5.32 Å². The van der Waals surface area contributed by atoms with E-state index in [1.807, 2.05) is 0 Å². The van der Waals surface area contributed by atoms with Gasteiger partial charge in [-0.05, 0) is 25.8 Å². The van der Waals surface area contributed by atoms with Crippen LogP contribution in [0.2, 0.25) is 0 Å². The smallest absolute Gasteiger partial charge is 0.308 e. The van der Waals surface area contributed by atoms with Gasteiger partial charge in [0.25, 0.3) is 5.91 Å². The number of furan rings is 1. The van der Waals surface area contributed by atoms with Gasteiger partial charge < -0.3 is 14.8 Å². The number of aliphatic carboxylic acids is 1. The third kappa shape index (κ3) is 3.16. The molecule has 0 aromatic carbocycles. The van der Waals surface area contributed by atoms with Gasteiger partial charge in [-0.3, -0.25) is 9.59 Å². The fourth-order valence-electron chi connectivity index (χ4n) is 2.64. The largest absolute Gasteiger partial charge is 0.481 e.